The van der Waals surface area contributed by atoms with E-state index in [0.29, 0.717) is 0 Å². The predicted molar refractivity (Wildman–Crippen MR) is 118 cm³/mol. The van der Waals surface area contributed by atoms with Crippen molar-refractivity contribution in [3.05, 3.63) is 51.9 Å². The molecule has 0 saturated carbocycles. The van der Waals surface area contributed by atoms with Gasteiger partial charge in [-0.3, -0.25) is 10.3 Å². The lowest BCUT2D eigenvalue weighted by molar-refractivity contribution is 0.499. The summed E-state index contributed by atoms with van der Waals surface area (Å²) in [4.78, 5) is 1.56. The molecule has 1 saturated heterocycles. The zero-order chi connectivity index (χ0) is 19.4. The molecule has 3 aliphatic rings. The van der Waals surface area contributed by atoms with Crippen LogP contribution in [0.5, 0.6) is 0 Å². The maximum atomic E-state index is 4.58. The van der Waals surface area contributed by atoms with Crippen LogP contribution in [-0.2, 0) is 19.3 Å². The molecule has 2 N–H and O–H groups in total. The summed E-state index contributed by atoms with van der Waals surface area (Å²) in [5.74, 6) is 2.67. The zero-order valence-corrected chi connectivity index (χ0v) is 18.0. The van der Waals surface area contributed by atoms with E-state index in [0.717, 1.165) is 35.9 Å². The van der Waals surface area contributed by atoms with Crippen molar-refractivity contribution in [2.24, 2.45) is 5.92 Å². The van der Waals surface area contributed by atoms with Crippen LogP contribution in [0.15, 0.2) is 35.5 Å². The summed E-state index contributed by atoms with van der Waals surface area (Å²) >= 11 is 3.76. The molecule has 0 spiro atoms. The summed E-state index contributed by atoms with van der Waals surface area (Å²) in [7, 11) is 0. The molecule has 0 bridgehead atoms. The fourth-order valence-electron chi connectivity index (χ4n) is 4.63. The molecule has 6 nitrogen and oxygen atoms in total. The second-order valence-corrected chi connectivity index (χ2v) is 10.2. The molecule has 8 heteroatoms. The van der Waals surface area contributed by atoms with Gasteiger partial charge < -0.3 is 0 Å². The number of hydrogen-bond acceptors (Lipinski definition) is 7. The van der Waals surface area contributed by atoms with Gasteiger partial charge in [0.1, 0.15) is 11.2 Å². The van der Waals surface area contributed by atoms with E-state index in [9.17, 15) is 0 Å². The monoisotopic (exact) mass is 424 g/mol. The minimum absolute atomic E-state index is 0.164. The van der Waals surface area contributed by atoms with Crippen molar-refractivity contribution in [3.63, 3.8) is 0 Å². The Morgan fingerprint density at radius 3 is 3.03 bits per heavy atom. The molecule has 2 aliphatic heterocycles. The summed E-state index contributed by atoms with van der Waals surface area (Å²) in [6.07, 6.45) is 4.86. The molecule has 1 aliphatic carbocycles. The smallest absolute Gasteiger partial charge is 0.249 e. The second kappa shape index (κ2) is 7.12. The van der Waals surface area contributed by atoms with Crippen molar-refractivity contribution in [1.29, 1.82) is 0 Å². The van der Waals surface area contributed by atoms with Crippen LogP contribution in [0.1, 0.15) is 41.1 Å². The van der Waals surface area contributed by atoms with Gasteiger partial charge in [0.2, 0.25) is 5.95 Å². The SMILES string of the molecule is C[C@@H]1CCc2c(sc3c2C2NCNN2c2nnc(SCCc4ccccc4)n2-3)C1. The third kappa shape index (κ3) is 2.92. The first-order valence-electron chi connectivity index (χ1n) is 10.3. The van der Waals surface area contributed by atoms with Crippen LogP contribution >= 0.6 is 23.1 Å². The number of thiophene rings is 1. The van der Waals surface area contributed by atoms with Crippen LogP contribution < -0.4 is 15.8 Å². The second-order valence-electron chi connectivity index (χ2n) is 8.08. The third-order valence-electron chi connectivity index (χ3n) is 6.11. The number of hydrazine groups is 1. The minimum Gasteiger partial charge on any atom is -0.278 e. The molecule has 1 unspecified atom stereocenters. The number of nitrogens with zero attached hydrogens (tertiary/aromatic N) is 4. The van der Waals surface area contributed by atoms with Crippen molar-refractivity contribution in [3.8, 4) is 5.00 Å². The largest absolute Gasteiger partial charge is 0.278 e. The Labute approximate surface area is 178 Å². The molecular formula is C21H24N6S2. The van der Waals surface area contributed by atoms with E-state index >= 15 is 0 Å². The van der Waals surface area contributed by atoms with Gasteiger partial charge in [0.15, 0.2) is 5.16 Å². The van der Waals surface area contributed by atoms with Crippen LogP contribution in [0.3, 0.4) is 0 Å². The van der Waals surface area contributed by atoms with Gasteiger partial charge in [-0.1, -0.05) is 49.0 Å². The number of hydrogen-bond donors (Lipinski definition) is 2. The van der Waals surface area contributed by atoms with Gasteiger partial charge in [0.25, 0.3) is 0 Å². The Morgan fingerprint density at radius 2 is 2.14 bits per heavy atom. The zero-order valence-electron chi connectivity index (χ0n) is 16.4. The molecule has 3 aromatic rings. The number of fused-ring (bicyclic) bond motifs is 8. The lowest BCUT2D eigenvalue weighted by Crippen LogP contribution is -2.39. The van der Waals surface area contributed by atoms with Crippen LogP contribution in [0.2, 0.25) is 0 Å². The normalized spacial score (nSPS) is 22.2. The van der Waals surface area contributed by atoms with Gasteiger partial charge >= 0.3 is 0 Å². The highest BCUT2D eigenvalue weighted by Gasteiger charge is 2.42. The molecule has 1 fully saturated rings. The maximum absolute atomic E-state index is 4.58. The summed E-state index contributed by atoms with van der Waals surface area (Å²) in [5.41, 5.74) is 7.82. The van der Waals surface area contributed by atoms with Crippen molar-refractivity contribution in [2.45, 2.75) is 43.9 Å². The molecule has 1 aromatic carbocycles. The molecule has 150 valence electrons. The number of aryl methyl sites for hydroxylation is 1. The molecule has 4 heterocycles. The van der Waals surface area contributed by atoms with E-state index in [2.05, 4.69) is 67.8 Å². The molecule has 2 atom stereocenters. The Hall–Kier alpha value is -1.87. The number of thioether (sulfide) groups is 1. The highest BCUT2D eigenvalue weighted by atomic mass is 32.2. The van der Waals surface area contributed by atoms with E-state index in [4.69, 9.17) is 0 Å². The number of anilines is 1. The Balaban J connectivity index is 1.36. The van der Waals surface area contributed by atoms with Crippen LogP contribution in [0.4, 0.5) is 5.95 Å². The molecule has 29 heavy (non-hydrogen) atoms. The summed E-state index contributed by atoms with van der Waals surface area (Å²) in [6, 6.07) is 10.7. The average molecular weight is 425 g/mol. The first kappa shape index (κ1) is 17.9. The molecular weight excluding hydrogens is 400 g/mol. The van der Waals surface area contributed by atoms with E-state index in [1.54, 1.807) is 22.2 Å². The number of rotatable bonds is 4. The lowest BCUT2D eigenvalue weighted by Gasteiger charge is -2.31. The lowest BCUT2D eigenvalue weighted by atomic mass is 9.87. The highest BCUT2D eigenvalue weighted by Crippen LogP contribution is 2.48. The predicted octanol–water partition coefficient (Wildman–Crippen LogP) is 3.67. The average Bonchev–Trinajstić information content (AvgIpc) is 3.44. The first-order chi connectivity index (χ1) is 14.3. The Morgan fingerprint density at radius 1 is 1.24 bits per heavy atom. The summed E-state index contributed by atoms with van der Waals surface area (Å²) in [5, 5.41) is 17.2. The van der Waals surface area contributed by atoms with Crippen LogP contribution in [0.25, 0.3) is 5.00 Å². The summed E-state index contributed by atoms with van der Waals surface area (Å²) < 4.78 is 2.29. The quantitative estimate of drug-likeness (QED) is 0.623. The Kier molecular flexibility index (Phi) is 4.41. The number of aromatic nitrogens is 3. The van der Waals surface area contributed by atoms with Crippen molar-refractivity contribution in [1.82, 2.24) is 25.5 Å². The molecule has 0 amide bonds. The van der Waals surface area contributed by atoms with Gasteiger partial charge in [-0.05, 0) is 42.7 Å². The fraction of sp³-hybridized carbons (Fsp3) is 0.429. The van der Waals surface area contributed by atoms with Crippen molar-refractivity contribution < 1.29 is 0 Å². The highest BCUT2D eigenvalue weighted by molar-refractivity contribution is 7.99. The summed E-state index contributed by atoms with van der Waals surface area (Å²) in [6.45, 7) is 3.13. The fourth-order valence-corrected chi connectivity index (χ4v) is 7.15. The van der Waals surface area contributed by atoms with Gasteiger partial charge in [-0.15, -0.1) is 21.5 Å². The van der Waals surface area contributed by atoms with Crippen LogP contribution in [-0.4, -0.2) is 27.2 Å². The number of nitrogens with one attached hydrogen (secondary N) is 2. The molecule has 6 rings (SSSR count). The van der Waals surface area contributed by atoms with Gasteiger partial charge in [-0.25, -0.2) is 9.99 Å². The number of benzene rings is 1. The third-order valence-corrected chi connectivity index (χ3v) is 8.29. The van der Waals surface area contributed by atoms with Crippen molar-refractivity contribution in [2.75, 3.05) is 17.4 Å². The van der Waals surface area contributed by atoms with Crippen molar-refractivity contribution >= 4 is 29.0 Å². The van der Waals surface area contributed by atoms with E-state index in [1.165, 1.54) is 35.4 Å². The standard InChI is InChI=1S/C21H24N6S2/c1-13-7-8-15-16(11-13)29-19-17(15)18-22-12-23-27(18)20-24-25-21(26(19)20)28-10-9-14-5-3-2-4-6-14/h2-6,13,18,22-23H,7-12H2,1H3/t13-,18?/m1/s1. The maximum Gasteiger partial charge on any atom is 0.249 e. The van der Waals surface area contributed by atoms with E-state index in [1.807, 2.05) is 11.3 Å². The van der Waals surface area contributed by atoms with E-state index in [-0.39, 0.29) is 6.17 Å². The van der Waals surface area contributed by atoms with Gasteiger partial charge in [-0.2, -0.15) is 0 Å². The molecule has 0 radical (unpaired) electrons. The van der Waals surface area contributed by atoms with Gasteiger partial charge in [0.05, 0.1) is 6.67 Å². The molecule has 2 aromatic heterocycles. The first-order valence-corrected chi connectivity index (χ1v) is 12.1. The van der Waals surface area contributed by atoms with Gasteiger partial charge in [0, 0.05) is 16.2 Å². The van der Waals surface area contributed by atoms with Crippen LogP contribution in [0, 0.1) is 5.92 Å². The Bertz CT molecular complexity index is 1040. The topological polar surface area (TPSA) is 58.0 Å². The minimum atomic E-state index is 0.164. The van der Waals surface area contributed by atoms with E-state index < -0.39 is 0 Å².